The molecule has 2 aromatic carbocycles. The Bertz CT molecular complexity index is 1040. The molecule has 0 saturated carbocycles. The zero-order chi connectivity index (χ0) is 20.4. The van der Waals surface area contributed by atoms with Crippen LogP contribution in [0.25, 0.3) is 0 Å². The zero-order valence-corrected chi connectivity index (χ0v) is 17.0. The third kappa shape index (κ3) is 3.70. The summed E-state index contributed by atoms with van der Waals surface area (Å²) in [6, 6.07) is 11.0. The summed E-state index contributed by atoms with van der Waals surface area (Å²) in [4.78, 5) is 4.27. The normalized spacial score (nSPS) is 21.0. The fraction of sp³-hybridized carbons (Fsp3) is 0.238. The lowest BCUT2D eigenvalue weighted by Crippen LogP contribution is -2.52. The minimum atomic E-state index is -1.08. The molecule has 0 unspecified atom stereocenters. The van der Waals surface area contributed by atoms with Crippen LogP contribution < -0.4 is 0 Å². The molecule has 0 aliphatic carbocycles. The number of thioether (sulfide) groups is 1. The first-order valence-corrected chi connectivity index (χ1v) is 10.4. The van der Waals surface area contributed by atoms with E-state index in [1.807, 2.05) is 18.2 Å². The number of benzene rings is 2. The summed E-state index contributed by atoms with van der Waals surface area (Å²) in [6.45, 7) is 4.30. The summed E-state index contributed by atoms with van der Waals surface area (Å²) >= 11 is 7.90. The van der Waals surface area contributed by atoms with Crippen LogP contribution in [0, 0.1) is 11.6 Å². The molecule has 1 aliphatic rings. The Morgan fingerprint density at radius 1 is 1.31 bits per heavy atom. The summed E-state index contributed by atoms with van der Waals surface area (Å²) in [5, 5.41) is 5.54. The second-order valence-electron chi connectivity index (χ2n) is 6.70. The molecule has 2 atom stereocenters. The molecule has 0 bridgehead atoms. The molecule has 4 rings (SSSR count). The van der Waals surface area contributed by atoms with E-state index in [1.54, 1.807) is 16.8 Å². The largest absolute Gasteiger partial charge is 0.367 e. The first kappa shape index (κ1) is 20.1. The molecule has 2 heterocycles. The SMILES string of the molecule is C=CCSc1ncnn1C[C@@]1(c2ccc(F)cc2F)OC[C@H]1c1ccccc1Cl. The van der Waals surface area contributed by atoms with E-state index in [0.29, 0.717) is 22.5 Å². The summed E-state index contributed by atoms with van der Waals surface area (Å²) in [6.07, 6.45) is 3.22. The summed E-state index contributed by atoms with van der Waals surface area (Å²) < 4.78 is 36.2. The number of rotatable bonds is 7. The smallest absolute Gasteiger partial charge is 0.186 e. The van der Waals surface area contributed by atoms with Crippen molar-refractivity contribution < 1.29 is 13.5 Å². The maximum atomic E-state index is 14.9. The second kappa shape index (κ2) is 8.26. The Morgan fingerprint density at radius 3 is 2.83 bits per heavy atom. The molecule has 0 radical (unpaired) electrons. The minimum absolute atomic E-state index is 0.213. The third-order valence-electron chi connectivity index (χ3n) is 5.03. The van der Waals surface area contributed by atoms with Gasteiger partial charge in [0.2, 0.25) is 0 Å². The molecule has 3 aromatic rings. The van der Waals surface area contributed by atoms with Gasteiger partial charge in [-0.05, 0) is 17.7 Å². The molecule has 1 aliphatic heterocycles. The number of nitrogens with zero attached hydrogens (tertiary/aromatic N) is 3. The van der Waals surface area contributed by atoms with E-state index < -0.39 is 17.2 Å². The van der Waals surface area contributed by atoms with Gasteiger partial charge in [-0.2, -0.15) is 5.10 Å². The molecule has 0 amide bonds. The summed E-state index contributed by atoms with van der Waals surface area (Å²) in [5.74, 6) is -0.872. The maximum absolute atomic E-state index is 14.9. The highest BCUT2D eigenvalue weighted by molar-refractivity contribution is 7.99. The van der Waals surface area contributed by atoms with E-state index in [2.05, 4.69) is 16.7 Å². The molecular weight excluding hydrogens is 416 g/mol. The van der Waals surface area contributed by atoms with Gasteiger partial charge in [0, 0.05) is 28.3 Å². The average molecular weight is 434 g/mol. The van der Waals surface area contributed by atoms with E-state index in [-0.39, 0.29) is 18.0 Å². The number of hydrogen-bond donors (Lipinski definition) is 0. The van der Waals surface area contributed by atoms with Crippen LogP contribution in [0.2, 0.25) is 5.02 Å². The number of aromatic nitrogens is 3. The first-order valence-electron chi connectivity index (χ1n) is 9.00. The van der Waals surface area contributed by atoms with Crippen LogP contribution in [0.4, 0.5) is 8.78 Å². The predicted octanol–water partition coefficient (Wildman–Crippen LogP) is 5.20. The van der Waals surface area contributed by atoms with Crippen molar-refractivity contribution in [1.82, 2.24) is 14.8 Å². The van der Waals surface area contributed by atoms with Crippen LogP contribution in [-0.4, -0.2) is 27.1 Å². The third-order valence-corrected chi connectivity index (χ3v) is 6.35. The lowest BCUT2D eigenvalue weighted by molar-refractivity contribution is -0.191. The summed E-state index contributed by atoms with van der Waals surface area (Å²) in [7, 11) is 0. The lowest BCUT2D eigenvalue weighted by Gasteiger charge is -2.50. The molecule has 1 fully saturated rings. The average Bonchev–Trinajstić information content (AvgIpc) is 3.12. The van der Waals surface area contributed by atoms with Crippen molar-refractivity contribution >= 4 is 23.4 Å². The maximum Gasteiger partial charge on any atom is 0.186 e. The molecule has 8 heteroatoms. The molecular formula is C21H18ClF2N3OS. The van der Waals surface area contributed by atoms with Crippen molar-refractivity contribution in [2.45, 2.75) is 23.2 Å². The van der Waals surface area contributed by atoms with Gasteiger partial charge in [0.1, 0.15) is 23.6 Å². The van der Waals surface area contributed by atoms with Crippen molar-refractivity contribution in [2.24, 2.45) is 0 Å². The van der Waals surface area contributed by atoms with Gasteiger partial charge in [-0.15, -0.1) is 6.58 Å². The highest BCUT2D eigenvalue weighted by Crippen LogP contribution is 2.52. The Labute approximate surface area is 176 Å². The van der Waals surface area contributed by atoms with Gasteiger partial charge in [-0.1, -0.05) is 53.7 Å². The quantitative estimate of drug-likeness (QED) is 0.379. The van der Waals surface area contributed by atoms with E-state index in [4.69, 9.17) is 16.3 Å². The lowest BCUT2D eigenvalue weighted by atomic mass is 9.73. The van der Waals surface area contributed by atoms with Crippen molar-refractivity contribution in [3.63, 3.8) is 0 Å². The molecule has 150 valence electrons. The second-order valence-corrected chi connectivity index (χ2v) is 8.09. The monoisotopic (exact) mass is 433 g/mol. The van der Waals surface area contributed by atoms with Gasteiger partial charge in [-0.25, -0.2) is 18.4 Å². The van der Waals surface area contributed by atoms with E-state index in [1.165, 1.54) is 30.2 Å². The van der Waals surface area contributed by atoms with Crippen molar-refractivity contribution in [3.8, 4) is 0 Å². The van der Waals surface area contributed by atoms with E-state index in [0.717, 1.165) is 11.6 Å². The standard InChI is InChI=1S/C21H18ClF2N3OS/c1-2-9-29-20-25-13-26-27(20)12-21(16-8-7-14(23)10-19(16)24)17(11-28-21)15-5-3-4-6-18(15)22/h2-8,10,13,17H,1,9,11-12H2/t17-,21-/m0/s1. The number of halogens is 3. The zero-order valence-electron chi connectivity index (χ0n) is 15.4. The molecule has 1 aromatic heterocycles. The molecule has 0 N–H and O–H groups in total. The van der Waals surface area contributed by atoms with Crippen LogP contribution in [0.1, 0.15) is 17.0 Å². The van der Waals surface area contributed by atoms with Gasteiger partial charge >= 0.3 is 0 Å². The first-order chi connectivity index (χ1) is 14.0. The highest BCUT2D eigenvalue weighted by Gasteiger charge is 2.53. The molecule has 4 nitrogen and oxygen atoms in total. The molecule has 29 heavy (non-hydrogen) atoms. The fourth-order valence-electron chi connectivity index (χ4n) is 3.64. The van der Waals surface area contributed by atoms with Crippen LogP contribution in [0.3, 0.4) is 0 Å². The Hall–Kier alpha value is -2.22. The Balaban J connectivity index is 1.79. The van der Waals surface area contributed by atoms with Crippen LogP contribution in [0.15, 0.2) is 66.6 Å². The number of ether oxygens (including phenoxy) is 1. The Kier molecular flexibility index (Phi) is 5.72. The van der Waals surface area contributed by atoms with E-state index in [9.17, 15) is 8.78 Å². The molecule has 1 saturated heterocycles. The van der Waals surface area contributed by atoms with Crippen molar-refractivity contribution in [3.05, 3.63) is 89.2 Å². The number of hydrogen-bond acceptors (Lipinski definition) is 4. The minimum Gasteiger partial charge on any atom is -0.367 e. The molecule has 0 spiro atoms. The topological polar surface area (TPSA) is 39.9 Å². The fourth-order valence-corrected chi connectivity index (χ4v) is 4.55. The van der Waals surface area contributed by atoms with Gasteiger partial charge in [0.05, 0.1) is 13.2 Å². The van der Waals surface area contributed by atoms with Gasteiger partial charge in [0.25, 0.3) is 0 Å². The van der Waals surface area contributed by atoms with Crippen molar-refractivity contribution in [1.29, 1.82) is 0 Å². The van der Waals surface area contributed by atoms with E-state index >= 15 is 0 Å². The van der Waals surface area contributed by atoms with Gasteiger partial charge in [0.15, 0.2) is 5.16 Å². The predicted molar refractivity (Wildman–Crippen MR) is 109 cm³/mol. The highest BCUT2D eigenvalue weighted by atomic mass is 35.5. The summed E-state index contributed by atoms with van der Waals surface area (Å²) in [5.41, 5.74) is 0.0368. The van der Waals surface area contributed by atoms with Crippen LogP contribution >= 0.6 is 23.4 Å². The van der Waals surface area contributed by atoms with Crippen LogP contribution in [-0.2, 0) is 16.9 Å². The van der Waals surface area contributed by atoms with Gasteiger partial charge in [-0.3, -0.25) is 0 Å². The van der Waals surface area contributed by atoms with Crippen molar-refractivity contribution in [2.75, 3.05) is 12.4 Å². The van der Waals surface area contributed by atoms with Gasteiger partial charge < -0.3 is 4.74 Å². The van der Waals surface area contributed by atoms with Crippen LogP contribution in [0.5, 0.6) is 0 Å². The Morgan fingerprint density at radius 2 is 2.14 bits per heavy atom.